The van der Waals surface area contributed by atoms with Gasteiger partial charge in [-0.1, -0.05) is 23.2 Å². The fourth-order valence-corrected chi connectivity index (χ4v) is 3.84. The average Bonchev–Trinajstić information content (AvgIpc) is 2.79. The summed E-state index contributed by atoms with van der Waals surface area (Å²) in [6.45, 7) is 1.06. The molecule has 0 radical (unpaired) electrons. The van der Waals surface area contributed by atoms with Gasteiger partial charge in [-0.3, -0.25) is 15.0 Å². The number of hydrazine groups is 1. The van der Waals surface area contributed by atoms with Gasteiger partial charge >= 0.3 is 0 Å². The Morgan fingerprint density at radius 1 is 1.00 bits per heavy atom. The van der Waals surface area contributed by atoms with Crippen LogP contribution in [-0.4, -0.2) is 41.5 Å². The van der Waals surface area contributed by atoms with E-state index in [4.69, 9.17) is 27.9 Å². The number of benzene rings is 2. The second-order valence-corrected chi connectivity index (χ2v) is 8.43. The summed E-state index contributed by atoms with van der Waals surface area (Å²) in [7, 11) is 0. The van der Waals surface area contributed by atoms with Crippen LogP contribution in [0.15, 0.2) is 54.6 Å². The van der Waals surface area contributed by atoms with Gasteiger partial charge in [0, 0.05) is 34.4 Å². The Balaban J connectivity index is 1.22. The molecule has 7 nitrogen and oxygen atoms in total. The van der Waals surface area contributed by atoms with Crippen LogP contribution in [0.3, 0.4) is 0 Å². The van der Waals surface area contributed by atoms with Crippen molar-refractivity contribution >= 4 is 51.7 Å². The third-order valence-corrected chi connectivity index (χ3v) is 5.72. The average molecular weight is 473 g/mol. The van der Waals surface area contributed by atoms with Gasteiger partial charge in [0.05, 0.1) is 5.52 Å². The van der Waals surface area contributed by atoms with Crippen LogP contribution >= 0.6 is 23.2 Å². The molecule has 0 atom stereocenters. The predicted octanol–water partition coefficient (Wildman–Crippen LogP) is 4.30. The topological polar surface area (TPSA) is 83.6 Å². The molecule has 2 N–H and O–H groups in total. The summed E-state index contributed by atoms with van der Waals surface area (Å²) in [6, 6.07) is 15.9. The number of hydrogen-bond acceptors (Lipinski definition) is 5. The zero-order valence-electron chi connectivity index (χ0n) is 17.2. The maximum Gasteiger partial charge on any atom is 0.272 e. The second-order valence-electron chi connectivity index (χ2n) is 7.56. The number of anilines is 1. The smallest absolute Gasteiger partial charge is 0.272 e. The summed E-state index contributed by atoms with van der Waals surface area (Å²) < 4.78 is 5.45. The number of piperidine rings is 1. The molecule has 0 bridgehead atoms. The highest BCUT2D eigenvalue weighted by Gasteiger charge is 2.26. The van der Waals surface area contributed by atoms with Crippen LogP contribution in [0, 0.1) is 5.92 Å². The molecule has 2 heterocycles. The molecule has 0 saturated carbocycles. The van der Waals surface area contributed by atoms with E-state index in [0.717, 1.165) is 10.9 Å². The van der Waals surface area contributed by atoms with E-state index < -0.39 is 0 Å². The number of nitrogens with one attached hydrogen (secondary N) is 2. The van der Waals surface area contributed by atoms with E-state index in [1.165, 1.54) is 0 Å². The molecule has 4 rings (SSSR count). The molecule has 9 heteroatoms. The van der Waals surface area contributed by atoms with Crippen LogP contribution in [0.2, 0.25) is 10.0 Å². The zero-order valence-corrected chi connectivity index (χ0v) is 18.7. The van der Waals surface area contributed by atoms with Gasteiger partial charge in [0.15, 0.2) is 6.61 Å². The van der Waals surface area contributed by atoms with Crippen molar-refractivity contribution < 1.29 is 14.3 Å². The Bertz CT molecular complexity index is 1120. The summed E-state index contributed by atoms with van der Waals surface area (Å²) >= 11 is 11.8. The van der Waals surface area contributed by atoms with Gasteiger partial charge in [-0.2, -0.15) is 0 Å². The maximum atomic E-state index is 12.7. The van der Waals surface area contributed by atoms with Gasteiger partial charge in [0.2, 0.25) is 5.91 Å². The number of ether oxygens (including phenoxy) is 1. The zero-order chi connectivity index (χ0) is 22.5. The van der Waals surface area contributed by atoms with Gasteiger partial charge in [-0.05, 0) is 67.4 Å². The number of aromatic nitrogens is 1. The molecule has 1 aliphatic rings. The normalized spacial score (nSPS) is 14.8. The molecule has 1 aliphatic heterocycles. The quantitative estimate of drug-likeness (QED) is 0.558. The fraction of sp³-hybridized carbons (Fsp3) is 0.261. The largest absolute Gasteiger partial charge is 0.484 e. The van der Waals surface area contributed by atoms with Crippen LogP contribution < -0.4 is 15.5 Å². The van der Waals surface area contributed by atoms with Crippen molar-refractivity contribution in [2.75, 3.05) is 25.0 Å². The lowest BCUT2D eigenvalue weighted by molar-refractivity contribution is -0.129. The minimum atomic E-state index is -0.247. The summed E-state index contributed by atoms with van der Waals surface area (Å²) in [5.41, 5.74) is 3.59. The van der Waals surface area contributed by atoms with E-state index in [-0.39, 0.29) is 24.3 Å². The van der Waals surface area contributed by atoms with E-state index in [9.17, 15) is 9.59 Å². The highest BCUT2D eigenvalue weighted by atomic mass is 35.5. The molecule has 0 aliphatic carbocycles. The van der Waals surface area contributed by atoms with Gasteiger partial charge in [0.25, 0.3) is 5.91 Å². The number of fused-ring (bicyclic) bond motifs is 1. The Hall–Kier alpha value is -2.87. The lowest BCUT2D eigenvalue weighted by Gasteiger charge is -2.31. The Kier molecular flexibility index (Phi) is 7.09. The SMILES string of the molecule is O=C(COc1ccc(Cl)cc1)NN1CCC(C(=O)Nc2ccc3cc(Cl)ccc3n2)CC1. The summed E-state index contributed by atoms with van der Waals surface area (Å²) in [6.07, 6.45) is 1.26. The summed E-state index contributed by atoms with van der Waals surface area (Å²) in [5.74, 6) is 0.632. The number of halogens is 2. The maximum absolute atomic E-state index is 12.7. The lowest BCUT2D eigenvalue weighted by atomic mass is 9.97. The molecule has 166 valence electrons. The Morgan fingerprint density at radius 3 is 2.47 bits per heavy atom. The molecule has 3 aromatic rings. The number of amides is 2. The number of pyridine rings is 1. The second kappa shape index (κ2) is 10.2. The van der Waals surface area contributed by atoms with Crippen LogP contribution in [0.1, 0.15) is 12.8 Å². The molecular formula is C23H22Cl2N4O3. The number of rotatable bonds is 6. The molecule has 1 aromatic heterocycles. The number of nitrogens with zero attached hydrogens (tertiary/aromatic N) is 2. The number of carbonyl (C=O) groups excluding carboxylic acids is 2. The van der Waals surface area contributed by atoms with Crippen molar-refractivity contribution in [1.29, 1.82) is 0 Å². The van der Waals surface area contributed by atoms with E-state index in [1.54, 1.807) is 36.4 Å². The Morgan fingerprint density at radius 2 is 1.72 bits per heavy atom. The molecule has 2 amide bonds. The number of carbonyl (C=O) groups is 2. The molecule has 0 unspecified atom stereocenters. The molecule has 32 heavy (non-hydrogen) atoms. The van der Waals surface area contributed by atoms with E-state index in [0.29, 0.717) is 47.5 Å². The standard InChI is InChI=1S/C23H22Cl2N4O3/c24-17-2-5-19(6-3-17)32-14-22(30)28-29-11-9-15(10-12-29)23(31)27-21-8-1-16-13-18(25)4-7-20(16)26-21/h1-8,13,15H,9-12,14H2,(H,28,30)(H,26,27,31). The van der Waals surface area contributed by atoms with Gasteiger partial charge < -0.3 is 10.1 Å². The Labute approximate surface area is 195 Å². The molecule has 1 saturated heterocycles. The van der Waals surface area contributed by atoms with Crippen molar-refractivity contribution in [3.05, 3.63) is 64.6 Å². The minimum Gasteiger partial charge on any atom is -0.484 e. The highest BCUT2D eigenvalue weighted by Crippen LogP contribution is 2.22. The number of hydrogen-bond donors (Lipinski definition) is 2. The van der Waals surface area contributed by atoms with Crippen LogP contribution in [0.4, 0.5) is 5.82 Å². The highest BCUT2D eigenvalue weighted by molar-refractivity contribution is 6.31. The minimum absolute atomic E-state index is 0.0668. The first-order chi connectivity index (χ1) is 15.5. The molecule has 2 aromatic carbocycles. The first-order valence-corrected chi connectivity index (χ1v) is 11.0. The van der Waals surface area contributed by atoms with Gasteiger partial charge in [-0.15, -0.1) is 0 Å². The van der Waals surface area contributed by atoms with Crippen molar-refractivity contribution in [2.24, 2.45) is 5.92 Å². The predicted molar refractivity (Wildman–Crippen MR) is 125 cm³/mol. The van der Waals surface area contributed by atoms with Crippen LogP contribution in [0.5, 0.6) is 5.75 Å². The summed E-state index contributed by atoms with van der Waals surface area (Å²) in [4.78, 5) is 29.3. The van der Waals surface area contributed by atoms with Crippen molar-refractivity contribution in [1.82, 2.24) is 15.4 Å². The first-order valence-electron chi connectivity index (χ1n) is 10.3. The van der Waals surface area contributed by atoms with Crippen LogP contribution in [-0.2, 0) is 9.59 Å². The molecular weight excluding hydrogens is 451 g/mol. The van der Waals surface area contributed by atoms with E-state index >= 15 is 0 Å². The summed E-state index contributed by atoms with van der Waals surface area (Å²) in [5, 5.41) is 6.88. The van der Waals surface area contributed by atoms with E-state index in [1.807, 2.05) is 23.2 Å². The fourth-order valence-electron chi connectivity index (χ4n) is 3.54. The molecule has 0 spiro atoms. The third-order valence-electron chi connectivity index (χ3n) is 5.23. The van der Waals surface area contributed by atoms with Gasteiger partial charge in [-0.25, -0.2) is 9.99 Å². The monoisotopic (exact) mass is 472 g/mol. The van der Waals surface area contributed by atoms with Crippen LogP contribution in [0.25, 0.3) is 10.9 Å². The van der Waals surface area contributed by atoms with Crippen molar-refractivity contribution in [2.45, 2.75) is 12.8 Å². The van der Waals surface area contributed by atoms with Crippen molar-refractivity contribution in [3.8, 4) is 5.75 Å². The lowest BCUT2D eigenvalue weighted by Crippen LogP contribution is -2.49. The van der Waals surface area contributed by atoms with Crippen molar-refractivity contribution in [3.63, 3.8) is 0 Å². The van der Waals surface area contributed by atoms with E-state index in [2.05, 4.69) is 15.7 Å². The van der Waals surface area contributed by atoms with Gasteiger partial charge in [0.1, 0.15) is 11.6 Å². The molecule has 1 fully saturated rings. The third kappa shape index (κ3) is 5.88. The first kappa shape index (κ1) is 22.3.